The van der Waals surface area contributed by atoms with Gasteiger partial charge >= 0.3 is 0 Å². The Morgan fingerprint density at radius 2 is 1.36 bits per heavy atom. The second-order valence-electron chi connectivity index (χ2n) is 10.3. The van der Waals surface area contributed by atoms with Gasteiger partial charge in [-0.05, 0) is 58.5 Å². The van der Waals surface area contributed by atoms with Crippen molar-refractivity contribution >= 4 is 22.5 Å². The van der Waals surface area contributed by atoms with Crippen LogP contribution in [0.4, 0.5) is 5.82 Å². The number of hydrogen-bond donors (Lipinski definition) is 1. The van der Waals surface area contributed by atoms with E-state index in [1.165, 1.54) is 27.6 Å². The van der Waals surface area contributed by atoms with Gasteiger partial charge in [0.25, 0.3) is 0 Å². The van der Waals surface area contributed by atoms with E-state index in [1.54, 1.807) is 0 Å². The zero-order valence-corrected chi connectivity index (χ0v) is 20.1. The summed E-state index contributed by atoms with van der Waals surface area (Å²) in [5.74, 6) is 0.878. The lowest BCUT2D eigenvalue weighted by molar-refractivity contribution is -0.126. The molecule has 1 atom stereocenters. The number of hydrogen-bond acceptors (Lipinski definition) is 2. The summed E-state index contributed by atoms with van der Waals surface area (Å²) in [6.07, 6.45) is 0.792. The second-order valence-corrected chi connectivity index (χ2v) is 10.3. The third-order valence-electron chi connectivity index (χ3n) is 8.21. The number of pyridine rings is 1. The smallest absolute Gasteiger partial charge is 0.232 e. The molecule has 2 bridgehead atoms. The van der Waals surface area contributed by atoms with Gasteiger partial charge in [-0.2, -0.15) is 0 Å². The molecule has 3 heteroatoms. The number of amides is 1. The largest absolute Gasteiger partial charge is 0.310 e. The van der Waals surface area contributed by atoms with Crippen molar-refractivity contribution < 1.29 is 4.79 Å². The van der Waals surface area contributed by atoms with Gasteiger partial charge in [-0.3, -0.25) is 4.79 Å². The molecule has 0 radical (unpaired) electrons. The molecule has 1 N–H and O–H groups in total. The van der Waals surface area contributed by atoms with E-state index < -0.39 is 5.41 Å². The Bertz CT molecular complexity index is 1600. The lowest BCUT2D eigenvalue weighted by atomic mass is 9.52. The standard InChI is InChI=1S/C33H26N2O/c1-33(20-28-23-13-4-6-15-26(23)31(33)27-16-7-5-14-24(27)28)32(36)35-30-19-9-18-29(34-30)25-17-8-11-21-10-2-3-12-22(21)25/h2-19,28,31H,20H2,1H3,(H,34,35,36). The van der Waals surface area contributed by atoms with Crippen molar-refractivity contribution in [2.45, 2.75) is 25.2 Å². The molecule has 0 fully saturated rings. The molecule has 0 saturated heterocycles. The van der Waals surface area contributed by atoms with Crippen molar-refractivity contribution in [3.8, 4) is 11.3 Å². The molecule has 3 nitrogen and oxygen atoms in total. The number of benzene rings is 4. The molecule has 174 valence electrons. The van der Waals surface area contributed by atoms with Crippen molar-refractivity contribution in [2.24, 2.45) is 5.41 Å². The van der Waals surface area contributed by atoms with E-state index in [4.69, 9.17) is 4.98 Å². The van der Waals surface area contributed by atoms with Crippen LogP contribution in [0.15, 0.2) is 109 Å². The molecule has 4 aromatic carbocycles. The van der Waals surface area contributed by atoms with Crippen LogP contribution in [0.1, 0.15) is 47.4 Å². The number of anilines is 1. The van der Waals surface area contributed by atoms with Gasteiger partial charge < -0.3 is 5.32 Å². The number of aromatic nitrogens is 1. The van der Waals surface area contributed by atoms with Crippen LogP contribution in [0.25, 0.3) is 22.0 Å². The molecule has 36 heavy (non-hydrogen) atoms. The summed E-state index contributed by atoms with van der Waals surface area (Å²) in [5.41, 5.74) is 6.64. The molecule has 3 aliphatic carbocycles. The van der Waals surface area contributed by atoms with E-state index >= 15 is 0 Å². The number of nitrogens with one attached hydrogen (secondary N) is 1. The van der Waals surface area contributed by atoms with Crippen LogP contribution in [0.5, 0.6) is 0 Å². The van der Waals surface area contributed by atoms with Gasteiger partial charge in [0.1, 0.15) is 5.82 Å². The Balaban J connectivity index is 1.26. The lowest BCUT2D eigenvalue weighted by Crippen LogP contribution is -2.47. The normalized spacial score (nSPS) is 21.6. The first-order valence-corrected chi connectivity index (χ1v) is 12.6. The zero-order valence-electron chi connectivity index (χ0n) is 20.1. The van der Waals surface area contributed by atoms with E-state index in [9.17, 15) is 4.79 Å². The van der Waals surface area contributed by atoms with Crippen molar-refractivity contribution in [2.75, 3.05) is 5.32 Å². The summed E-state index contributed by atoms with van der Waals surface area (Å²) >= 11 is 0. The highest BCUT2D eigenvalue weighted by atomic mass is 16.2. The molecule has 3 aliphatic rings. The highest BCUT2D eigenvalue weighted by molar-refractivity contribution is 5.98. The molecule has 5 aromatic rings. The van der Waals surface area contributed by atoms with Crippen LogP contribution in [-0.2, 0) is 4.79 Å². The minimum Gasteiger partial charge on any atom is -0.310 e. The van der Waals surface area contributed by atoms with Gasteiger partial charge in [-0.1, -0.05) is 97.1 Å². The molecule has 1 aromatic heterocycles. The van der Waals surface area contributed by atoms with Crippen LogP contribution in [0, 0.1) is 5.41 Å². The Kier molecular flexibility index (Phi) is 4.62. The Hall–Kier alpha value is -4.24. The third-order valence-corrected chi connectivity index (χ3v) is 8.21. The van der Waals surface area contributed by atoms with Crippen molar-refractivity contribution in [1.29, 1.82) is 0 Å². The molecule has 1 amide bonds. The molecule has 0 aliphatic heterocycles. The van der Waals surface area contributed by atoms with E-state index in [-0.39, 0.29) is 17.7 Å². The molecule has 0 saturated carbocycles. The lowest BCUT2D eigenvalue weighted by Gasteiger charge is -2.50. The first kappa shape index (κ1) is 21.1. The summed E-state index contributed by atoms with van der Waals surface area (Å²) in [4.78, 5) is 18.9. The molecule has 0 spiro atoms. The van der Waals surface area contributed by atoms with Crippen LogP contribution in [0.2, 0.25) is 0 Å². The van der Waals surface area contributed by atoms with Crippen LogP contribution >= 0.6 is 0 Å². The van der Waals surface area contributed by atoms with Crippen molar-refractivity contribution in [3.63, 3.8) is 0 Å². The molecule has 1 unspecified atom stereocenters. The Morgan fingerprint density at radius 3 is 2.11 bits per heavy atom. The zero-order chi connectivity index (χ0) is 24.3. The predicted octanol–water partition coefficient (Wildman–Crippen LogP) is 7.53. The Morgan fingerprint density at radius 1 is 0.750 bits per heavy atom. The SMILES string of the molecule is CC1(C(=O)Nc2cccc(-c3cccc4ccccc34)n2)CC2c3ccccc3C1c1ccccc12. The summed E-state index contributed by atoms with van der Waals surface area (Å²) in [6, 6.07) is 37.7. The molecule has 1 heterocycles. The molecule has 8 rings (SSSR count). The van der Waals surface area contributed by atoms with E-state index in [0.717, 1.165) is 23.1 Å². The van der Waals surface area contributed by atoms with Crippen LogP contribution in [-0.4, -0.2) is 10.9 Å². The molecular formula is C33H26N2O. The minimum absolute atomic E-state index is 0.0242. The maximum Gasteiger partial charge on any atom is 0.232 e. The number of carbonyl (C=O) groups is 1. The number of carbonyl (C=O) groups excluding carboxylic acids is 1. The average molecular weight is 467 g/mol. The second kappa shape index (κ2) is 7.89. The maximum atomic E-state index is 14.0. The van der Waals surface area contributed by atoms with Crippen molar-refractivity contribution in [3.05, 3.63) is 131 Å². The maximum absolute atomic E-state index is 14.0. The Labute approximate surface area is 210 Å². The topological polar surface area (TPSA) is 42.0 Å². The fourth-order valence-corrected chi connectivity index (χ4v) is 6.55. The quantitative estimate of drug-likeness (QED) is 0.299. The van der Waals surface area contributed by atoms with E-state index in [0.29, 0.717) is 5.82 Å². The number of fused-ring (bicyclic) bond motifs is 2. The fraction of sp³-hybridized carbons (Fsp3) is 0.152. The van der Waals surface area contributed by atoms with Crippen molar-refractivity contribution in [1.82, 2.24) is 4.98 Å². The van der Waals surface area contributed by atoms with Gasteiger partial charge in [0.15, 0.2) is 0 Å². The van der Waals surface area contributed by atoms with Crippen LogP contribution in [0.3, 0.4) is 0 Å². The summed E-state index contributed by atoms with van der Waals surface area (Å²) < 4.78 is 0. The predicted molar refractivity (Wildman–Crippen MR) is 145 cm³/mol. The summed E-state index contributed by atoms with van der Waals surface area (Å²) in [6.45, 7) is 2.13. The first-order valence-electron chi connectivity index (χ1n) is 12.6. The highest BCUT2D eigenvalue weighted by Gasteiger charge is 2.53. The highest BCUT2D eigenvalue weighted by Crippen LogP contribution is 2.61. The van der Waals surface area contributed by atoms with Gasteiger partial charge in [-0.25, -0.2) is 4.98 Å². The number of rotatable bonds is 3. The summed E-state index contributed by atoms with van der Waals surface area (Å²) in [7, 11) is 0. The first-order chi connectivity index (χ1) is 17.6. The average Bonchev–Trinajstić information content (AvgIpc) is 2.93. The summed E-state index contributed by atoms with van der Waals surface area (Å²) in [5, 5.41) is 5.54. The van der Waals surface area contributed by atoms with Gasteiger partial charge in [-0.15, -0.1) is 0 Å². The minimum atomic E-state index is -0.565. The van der Waals surface area contributed by atoms with E-state index in [2.05, 4.69) is 91.1 Å². The van der Waals surface area contributed by atoms with E-state index in [1.807, 2.05) is 30.3 Å². The third kappa shape index (κ3) is 3.06. The van der Waals surface area contributed by atoms with Crippen LogP contribution < -0.4 is 5.32 Å². The number of nitrogens with zero attached hydrogens (tertiary/aromatic N) is 1. The molecular weight excluding hydrogens is 440 g/mol. The van der Waals surface area contributed by atoms with Gasteiger partial charge in [0.05, 0.1) is 11.1 Å². The van der Waals surface area contributed by atoms with Gasteiger partial charge in [0.2, 0.25) is 5.91 Å². The monoisotopic (exact) mass is 466 g/mol. The fourth-order valence-electron chi connectivity index (χ4n) is 6.55. The van der Waals surface area contributed by atoms with Gasteiger partial charge in [0, 0.05) is 17.4 Å².